The fraction of sp³-hybridized carbons (Fsp3) is 0.0164. The van der Waals surface area contributed by atoms with Gasteiger partial charge in [0.25, 0.3) is 0 Å². The van der Waals surface area contributed by atoms with Crippen LogP contribution >= 0.6 is 0 Å². The Balaban J connectivity index is 1.12. The Kier molecular flexibility index (Phi) is 7.04. The van der Waals surface area contributed by atoms with Gasteiger partial charge in [0.2, 0.25) is 0 Å². The summed E-state index contributed by atoms with van der Waals surface area (Å²) in [6, 6.07) is 72.2. The first-order valence-electron chi connectivity index (χ1n) is 24.1. The average molecular weight is 822 g/mol. The highest BCUT2D eigenvalue weighted by molar-refractivity contribution is 6.14. The molecule has 300 valence electrons. The standard InChI is InChI=1S/C61H40N2O/c1-4-19-41(20-5-1)46-25-12-16-31-56(46)63(57-32-18-34-59-60(57)51-28-13-17-33-58(51)64-59)45-36-38-50-48-27-11-15-30-53(48)61(55(50)40-45)52-29-14-10-26-47(52)49-37-35-44(39-54(49)61)62(42-21-6-2-7-22-42)43-23-8-3-9-24-43/h1-40H/i1D,4D,5D,19D,20D. The average Bonchev–Trinajstić information content (AvgIpc) is 4.03. The van der Waals surface area contributed by atoms with Crippen molar-refractivity contribution < 1.29 is 11.3 Å². The van der Waals surface area contributed by atoms with Gasteiger partial charge in [0.15, 0.2) is 0 Å². The van der Waals surface area contributed by atoms with Crippen LogP contribution in [0.1, 0.15) is 29.1 Å². The molecule has 1 unspecified atom stereocenters. The number of rotatable bonds is 7. The maximum absolute atomic E-state index is 9.20. The van der Waals surface area contributed by atoms with Crippen LogP contribution in [-0.4, -0.2) is 0 Å². The topological polar surface area (TPSA) is 19.6 Å². The Bertz CT molecular complexity index is 3810. The second kappa shape index (κ2) is 14.3. The van der Waals surface area contributed by atoms with Crippen LogP contribution in [0.2, 0.25) is 0 Å². The van der Waals surface area contributed by atoms with Gasteiger partial charge in [-0.1, -0.05) is 170 Å². The third-order valence-corrected chi connectivity index (χ3v) is 13.1. The quantitative estimate of drug-likeness (QED) is 0.160. The van der Waals surface area contributed by atoms with Crippen molar-refractivity contribution in [3.05, 3.63) is 265 Å². The number of anilines is 6. The molecule has 2 aliphatic carbocycles. The monoisotopic (exact) mass is 821 g/mol. The number of fused-ring (bicyclic) bond motifs is 13. The van der Waals surface area contributed by atoms with E-state index in [-0.39, 0.29) is 29.7 Å². The second-order valence-corrected chi connectivity index (χ2v) is 16.4. The van der Waals surface area contributed by atoms with E-state index >= 15 is 0 Å². The molecule has 11 aromatic rings. The predicted molar refractivity (Wildman–Crippen MR) is 265 cm³/mol. The zero-order chi connectivity index (χ0) is 46.5. The fourth-order valence-electron chi connectivity index (χ4n) is 10.6. The molecule has 1 heterocycles. The van der Waals surface area contributed by atoms with Crippen molar-refractivity contribution in [2.45, 2.75) is 5.41 Å². The zero-order valence-corrected chi connectivity index (χ0v) is 34.5. The largest absolute Gasteiger partial charge is 0.456 e. The minimum absolute atomic E-state index is 0.128. The number of furan rings is 1. The van der Waals surface area contributed by atoms with Gasteiger partial charge in [-0.15, -0.1) is 0 Å². The molecule has 0 N–H and O–H groups in total. The predicted octanol–water partition coefficient (Wildman–Crippen LogP) is 16.5. The van der Waals surface area contributed by atoms with Gasteiger partial charge < -0.3 is 14.2 Å². The van der Waals surface area contributed by atoms with Gasteiger partial charge >= 0.3 is 0 Å². The Morgan fingerprint density at radius 3 is 1.52 bits per heavy atom. The summed E-state index contributed by atoms with van der Waals surface area (Å²) in [7, 11) is 0. The first kappa shape index (κ1) is 31.4. The van der Waals surface area contributed by atoms with E-state index in [0.717, 1.165) is 61.5 Å². The molecule has 2 aliphatic rings. The van der Waals surface area contributed by atoms with Crippen LogP contribution in [0.4, 0.5) is 34.1 Å². The maximum Gasteiger partial charge on any atom is 0.137 e. The van der Waals surface area contributed by atoms with E-state index in [9.17, 15) is 2.74 Å². The molecule has 3 heteroatoms. The number of nitrogens with zero attached hydrogens (tertiary/aromatic N) is 2. The minimum Gasteiger partial charge on any atom is -0.456 e. The summed E-state index contributed by atoms with van der Waals surface area (Å²) in [4.78, 5) is 4.50. The molecule has 0 amide bonds. The summed E-state index contributed by atoms with van der Waals surface area (Å²) in [6.07, 6.45) is 0. The molecule has 0 radical (unpaired) electrons. The lowest BCUT2D eigenvalue weighted by Gasteiger charge is -2.34. The molecular formula is C61H40N2O. The number of hydrogen-bond donors (Lipinski definition) is 0. The lowest BCUT2D eigenvalue weighted by molar-refractivity contribution is 0.669. The summed E-state index contributed by atoms with van der Waals surface area (Å²) in [5.41, 5.74) is 16.1. The van der Waals surface area contributed by atoms with E-state index in [1.807, 2.05) is 66.7 Å². The van der Waals surface area contributed by atoms with E-state index in [1.165, 1.54) is 27.8 Å². The van der Waals surface area contributed by atoms with Gasteiger partial charge in [0.05, 0.1) is 29.0 Å². The normalized spacial score (nSPS) is 15.4. The van der Waals surface area contributed by atoms with Gasteiger partial charge in [-0.3, -0.25) is 0 Å². The first-order valence-corrected chi connectivity index (χ1v) is 21.6. The highest BCUT2D eigenvalue weighted by Crippen LogP contribution is 2.64. The van der Waals surface area contributed by atoms with Crippen molar-refractivity contribution in [3.63, 3.8) is 0 Å². The van der Waals surface area contributed by atoms with Crippen LogP contribution in [-0.2, 0) is 5.41 Å². The van der Waals surface area contributed by atoms with Crippen LogP contribution in [0.25, 0.3) is 55.3 Å². The van der Waals surface area contributed by atoms with Crippen molar-refractivity contribution in [3.8, 4) is 33.4 Å². The summed E-state index contributed by atoms with van der Waals surface area (Å²) >= 11 is 0. The molecule has 13 rings (SSSR count). The van der Waals surface area contributed by atoms with E-state index in [2.05, 4.69) is 155 Å². The van der Waals surface area contributed by atoms with Crippen molar-refractivity contribution in [1.82, 2.24) is 0 Å². The van der Waals surface area contributed by atoms with E-state index in [1.54, 1.807) is 0 Å². The fourth-order valence-corrected chi connectivity index (χ4v) is 10.6. The van der Waals surface area contributed by atoms with Crippen molar-refractivity contribution in [1.29, 1.82) is 0 Å². The van der Waals surface area contributed by atoms with Gasteiger partial charge in [0, 0.05) is 33.7 Å². The molecule has 0 saturated carbocycles. The summed E-state index contributed by atoms with van der Waals surface area (Å²) in [5, 5.41) is 1.83. The van der Waals surface area contributed by atoms with Crippen molar-refractivity contribution >= 4 is 56.1 Å². The third kappa shape index (κ3) is 5.28. The van der Waals surface area contributed by atoms with E-state index < -0.39 is 11.5 Å². The van der Waals surface area contributed by atoms with Gasteiger partial charge in [0.1, 0.15) is 11.2 Å². The number of para-hydroxylation sites is 4. The number of hydrogen-bond acceptors (Lipinski definition) is 3. The summed E-state index contributed by atoms with van der Waals surface area (Å²) < 4.78 is 50.9. The lowest BCUT2D eigenvalue weighted by atomic mass is 9.70. The van der Waals surface area contributed by atoms with Gasteiger partial charge in [-0.25, -0.2) is 0 Å². The molecular weight excluding hydrogens is 777 g/mol. The molecule has 0 fully saturated rings. The molecule has 0 aliphatic heterocycles. The van der Waals surface area contributed by atoms with E-state index in [0.29, 0.717) is 16.8 Å². The number of benzene rings is 10. The minimum atomic E-state index is -0.741. The first-order chi connectivity index (χ1) is 33.8. The van der Waals surface area contributed by atoms with Crippen molar-refractivity contribution in [2.24, 2.45) is 0 Å². The maximum atomic E-state index is 9.20. The SMILES string of the molecule is [2H]c1c([2H])c([2H])c(-c2ccccc2N(c2ccc3c(c2)C2(c4ccccc4-c4ccc(N(c5ccccc5)c5ccccc5)cc42)c2ccccc2-3)c2cccc3oc4ccccc4c23)c([2H])c1[2H]. The van der Waals surface area contributed by atoms with Crippen LogP contribution in [0.15, 0.2) is 247 Å². The summed E-state index contributed by atoms with van der Waals surface area (Å²) in [6.45, 7) is 0. The van der Waals surface area contributed by atoms with Gasteiger partial charge in [-0.05, 0) is 123 Å². The molecule has 64 heavy (non-hydrogen) atoms. The lowest BCUT2D eigenvalue weighted by Crippen LogP contribution is -2.26. The molecule has 1 spiro atoms. The molecule has 0 bridgehead atoms. The molecule has 0 saturated heterocycles. The molecule has 10 aromatic carbocycles. The van der Waals surface area contributed by atoms with Gasteiger partial charge in [-0.2, -0.15) is 0 Å². The third-order valence-electron chi connectivity index (χ3n) is 13.1. The summed E-state index contributed by atoms with van der Waals surface area (Å²) in [5.74, 6) is 0. The zero-order valence-electron chi connectivity index (χ0n) is 39.5. The van der Waals surface area contributed by atoms with E-state index in [4.69, 9.17) is 8.53 Å². The molecule has 1 aromatic heterocycles. The highest BCUT2D eigenvalue weighted by Gasteiger charge is 2.52. The van der Waals surface area contributed by atoms with Crippen LogP contribution in [0.5, 0.6) is 0 Å². The second-order valence-electron chi connectivity index (χ2n) is 16.4. The Hall–Kier alpha value is -8.40. The van der Waals surface area contributed by atoms with Crippen LogP contribution in [0.3, 0.4) is 0 Å². The highest BCUT2D eigenvalue weighted by atomic mass is 16.3. The van der Waals surface area contributed by atoms with Crippen molar-refractivity contribution in [2.75, 3.05) is 9.80 Å². The molecule has 3 nitrogen and oxygen atoms in total. The Morgan fingerprint density at radius 2 is 0.859 bits per heavy atom. The Labute approximate surface area is 379 Å². The van der Waals surface area contributed by atoms with Crippen LogP contribution in [0, 0.1) is 0 Å². The Morgan fingerprint density at radius 1 is 0.359 bits per heavy atom. The molecule has 1 atom stereocenters. The van der Waals surface area contributed by atoms with Crippen LogP contribution < -0.4 is 9.80 Å². The smallest absolute Gasteiger partial charge is 0.137 e.